The van der Waals surface area contributed by atoms with E-state index in [2.05, 4.69) is 22.3 Å². The third kappa shape index (κ3) is 6.12. The Morgan fingerprint density at radius 2 is 2.00 bits per heavy atom. The molecule has 0 aliphatic carbocycles. The van der Waals surface area contributed by atoms with Crippen molar-refractivity contribution in [1.82, 2.24) is 15.1 Å². The molecule has 0 saturated carbocycles. The van der Waals surface area contributed by atoms with Gasteiger partial charge in [0, 0.05) is 33.9 Å². The quantitative estimate of drug-likeness (QED) is 0.419. The first-order chi connectivity index (χ1) is 7.13. The second kappa shape index (κ2) is 8.29. The van der Waals surface area contributed by atoms with Gasteiger partial charge in [0.15, 0.2) is 5.96 Å². The first-order valence-corrected chi connectivity index (χ1v) is 5.35. The van der Waals surface area contributed by atoms with E-state index in [1.807, 2.05) is 45.2 Å². The van der Waals surface area contributed by atoms with Crippen molar-refractivity contribution in [2.45, 2.75) is 13.3 Å². The molecule has 0 aromatic heterocycles. The Labute approximate surface area is 93.7 Å². The van der Waals surface area contributed by atoms with E-state index in [0.717, 1.165) is 25.5 Å². The average molecular weight is 212 g/mol. The molecule has 0 aromatic carbocycles. The Balaban J connectivity index is 4.23. The highest BCUT2D eigenvalue weighted by Gasteiger charge is 2.06. The van der Waals surface area contributed by atoms with Crippen LogP contribution in [0, 0.1) is 0 Å². The molecule has 0 bridgehead atoms. The van der Waals surface area contributed by atoms with E-state index in [1.165, 1.54) is 0 Å². The molecule has 4 nitrogen and oxygen atoms in total. The number of nitrogens with one attached hydrogen (secondary N) is 1. The molecular weight excluding hydrogens is 188 g/mol. The second-order valence-electron chi connectivity index (χ2n) is 3.68. The molecule has 88 valence electrons. The maximum Gasteiger partial charge on any atom is 0.200 e. The first kappa shape index (κ1) is 14.0. The summed E-state index contributed by atoms with van der Waals surface area (Å²) in [4.78, 5) is 8.58. The summed E-state index contributed by atoms with van der Waals surface area (Å²) < 4.78 is 0. The fraction of sp³-hybridized carbons (Fsp3) is 0.727. The Bertz CT molecular complexity index is 209. The molecule has 0 rings (SSSR count). The van der Waals surface area contributed by atoms with Crippen LogP contribution in [0.4, 0.5) is 0 Å². The molecule has 0 heterocycles. The monoisotopic (exact) mass is 212 g/mol. The van der Waals surface area contributed by atoms with Crippen molar-refractivity contribution in [3.05, 3.63) is 12.3 Å². The SMILES string of the molecule is C/C=C/N=C(\N(C)C)N(C)CCCNC. The zero-order chi connectivity index (χ0) is 11.7. The lowest BCUT2D eigenvalue weighted by Crippen LogP contribution is -2.39. The summed E-state index contributed by atoms with van der Waals surface area (Å²) in [6.07, 6.45) is 4.88. The summed E-state index contributed by atoms with van der Waals surface area (Å²) in [5.74, 6) is 0.990. The summed E-state index contributed by atoms with van der Waals surface area (Å²) in [5, 5.41) is 3.14. The van der Waals surface area contributed by atoms with Gasteiger partial charge in [0.05, 0.1) is 0 Å². The maximum atomic E-state index is 4.39. The summed E-state index contributed by atoms with van der Waals surface area (Å²) in [7, 11) is 8.06. The molecular formula is C11H24N4. The van der Waals surface area contributed by atoms with Crippen LogP contribution in [0.2, 0.25) is 0 Å². The van der Waals surface area contributed by atoms with Gasteiger partial charge in [-0.15, -0.1) is 0 Å². The van der Waals surface area contributed by atoms with Crippen LogP contribution in [0.25, 0.3) is 0 Å². The number of guanidine groups is 1. The molecule has 0 aliphatic rings. The minimum atomic E-state index is 0.990. The van der Waals surface area contributed by atoms with Gasteiger partial charge in [-0.2, -0.15) is 0 Å². The molecule has 0 aliphatic heterocycles. The Morgan fingerprint density at radius 3 is 2.47 bits per heavy atom. The zero-order valence-electron chi connectivity index (χ0n) is 10.6. The van der Waals surface area contributed by atoms with E-state index in [4.69, 9.17) is 0 Å². The number of hydrogen-bond acceptors (Lipinski definition) is 2. The highest BCUT2D eigenvalue weighted by atomic mass is 15.3. The zero-order valence-corrected chi connectivity index (χ0v) is 10.6. The van der Waals surface area contributed by atoms with Gasteiger partial charge in [-0.3, -0.25) is 0 Å². The predicted molar refractivity (Wildman–Crippen MR) is 67.1 cm³/mol. The third-order valence-corrected chi connectivity index (χ3v) is 2.00. The van der Waals surface area contributed by atoms with Crippen LogP contribution in [-0.4, -0.2) is 57.0 Å². The van der Waals surface area contributed by atoms with Gasteiger partial charge >= 0.3 is 0 Å². The van der Waals surface area contributed by atoms with Crippen LogP contribution in [-0.2, 0) is 0 Å². The molecule has 4 heteroatoms. The van der Waals surface area contributed by atoms with Crippen LogP contribution in [0.5, 0.6) is 0 Å². The van der Waals surface area contributed by atoms with Gasteiger partial charge in [-0.1, -0.05) is 6.08 Å². The lowest BCUT2D eigenvalue weighted by Gasteiger charge is -2.26. The number of nitrogens with zero attached hydrogens (tertiary/aromatic N) is 3. The number of allylic oxidation sites excluding steroid dienone is 1. The summed E-state index contributed by atoms with van der Waals surface area (Å²) in [6, 6.07) is 0. The average Bonchev–Trinajstić information content (AvgIpc) is 2.18. The van der Waals surface area contributed by atoms with Crippen molar-refractivity contribution in [2.24, 2.45) is 4.99 Å². The smallest absolute Gasteiger partial charge is 0.200 e. The van der Waals surface area contributed by atoms with Gasteiger partial charge in [0.2, 0.25) is 0 Å². The molecule has 1 N–H and O–H groups in total. The van der Waals surface area contributed by atoms with E-state index >= 15 is 0 Å². The molecule has 15 heavy (non-hydrogen) atoms. The fourth-order valence-electron chi connectivity index (χ4n) is 1.29. The third-order valence-electron chi connectivity index (χ3n) is 2.00. The van der Waals surface area contributed by atoms with Crippen molar-refractivity contribution in [2.75, 3.05) is 41.3 Å². The molecule has 0 fully saturated rings. The van der Waals surface area contributed by atoms with Crippen molar-refractivity contribution >= 4 is 5.96 Å². The lowest BCUT2D eigenvalue weighted by molar-refractivity contribution is 0.415. The standard InChI is InChI=1S/C11H24N4/c1-6-8-13-11(14(3)4)15(5)10-7-9-12-2/h6,8,12H,7,9-10H2,1-5H3/b8-6+,13-11+. The van der Waals surface area contributed by atoms with Gasteiger partial charge < -0.3 is 15.1 Å². The summed E-state index contributed by atoms with van der Waals surface area (Å²) in [5.41, 5.74) is 0. The molecule has 0 saturated heterocycles. The second-order valence-corrected chi connectivity index (χ2v) is 3.68. The Kier molecular flexibility index (Phi) is 7.72. The largest absolute Gasteiger partial charge is 0.349 e. The van der Waals surface area contributed by atoms with Crippen LogP contribution in [0.15, 0.2) is 17.3 Å². The van der Waals surface area contributed by atoms with Crippen molar-refractivity contribution in [3.63, 3.8) is 0 Å². The minimum absolute atomic E-state index is 0.990. The van der Waals surface area contributed by atoms with Crippen molar-refractivity contribution in [3.8, 4) is 0 Å². The lowest BCUT2D eigenvalue weighted by atomic mass is 10.4. The number of hydrogen-bond donors (Lipinski definition) is 1. The van der Waals surface area contributed by atoms with E-state index in [1.54, 1.807) is 0 Å². The van der Waals surface area contributed by atoms with E-state index in [-0.39, 0.29) is 0 Å². The van der Waals surface area contributed by atoms with Crippen molar-refractivity contribution < 1.29 is 0 Å². The molecule has 0 radical (unpaired) electrons. The molecule has 0 aromatic rings. The highest BCUT2D eigenvalue weighted by molar-refractivity contribution is 5.79. The van der Waals surface area contributed by atoms with Crippen LogP contribution in [0.1, 0.15) is 13.3 Å². The van der Waals surface area contributed by atoms with Crippen molar-refractivity contribution in [1.29, 1.82) is 0 Å². The normalized spacial score (nSPS) is 12.2. The predicted octanol–water partition coefficient (Wildman–Crippen LogP) is 0.979. The summed E-state index contributed by atoms with van der Waals surface area (Å²) in [6.45, 7) is 4.02. The number of aliphatic imine (C=N–C) groups is 1. The highest BCUT2D eigenvalue weighted by Crippen LogP contribution is 1.95. The van der Waals surface area contributed by atoms with E-state index in [0.29, 0.717) is 0 Å². The van der Waals surface area contributed by atoms with Gasteiger partial charge in [0.25, 0.3) is 0 Å². The Morgan fingerprint density at radius 1 is 1.33 bits per heavy atom. The van der Waals surface area contributed by atoms with Crippen LogP contribution < -0.4 is 5.32 Å². The van der Waals surface area contributed by atoms with E-state index in [9.17, 15) is 0 Å². The molecule has 0 unspecified atom stereocenters. The summed E-state index contributed by atoms with van der Waals surface area (Å²) >= 11 is 0. The Hall–Kier alpha value is -1.03. The van der Waals surface area contributed by atoms with Gasteiger partial charge in [0.1, 0.15) is 0 Å². The topological polar surface area (TPSA) is 30.9 Å². The minimum Gasteiger partial charge on any atom is -0.349 e. The van der Waals surface area contributed by atoms with Gasteiger partial charge in [-0.25, -0.2) is 4.99 Å². The first-order valence-electron chi connectivity index (χ1n) is 5.35. The molecule has 0 atom stereocenters. The number of rotatable bonds is 5. The van der Waals surface area contributed by atoms with Gasteiger partial charge in [-0.05, 0) is 26.9 Å². The van der Waals surface area contributed by atoms with Crippen LogP contribution >= 0.6 is 0 Å². The van der Waals surface area contributed by atoms with Crippen LogP contribution in [0.3, 0.4) is 0 Å². The molecule has 0 spiro atoms. The van der Waals surface area contributed by atoms with E-state index < -0.39 is 0 Å². The molecule has 0 amide bonds. The maximum absolute atomic E-state index is 4.39. The fourth-order valence-corrected chi connectivity index (χ4v) is 1.29.